The summed E-state index contributed by atoms with van der Waals surface area (Å²) < 4.78 is 0. The van der Waals surface area contributed by atoms with Crippen LogP contribution in [-0.2, 0) is 4.79 Å². The first-order valence-electron chi connectivity index (χ1n) is 6.17. The van der Waals surface area contributed by atoms with Crippen molar-refractivity contribution in [3.63, 3.8) is 0 Å². The van der Waals surface area contributed by atoms with Crippen LogP contribution < -0.4 is 10.2 Å². The molecule has 1 aromatic carbocycles. The van der Waals surface area contributed by atoms with E-state index in [1.165, 1.54) is 0 Å². The number of carbonyl (C=O) groups excluding carboxylic acids is 1. The molecule has 5 heteroatoms. The summed E-state index contributed by atoms with van der Waals surface area (Å²) in [6, 6.07) is 7.29. The number of nitrogens with zero attached hydrogens (tertiary/aromatic N) is 1. The van der Waals surface area contributed by atoms with E-state index in [0.29, 0.717) is 12.1 Å². The van der Waals surface area contributed by atoms with Crippen LogP contribution in [0.4, 0.5) is 5.69 Å². The van der Waals surface area contributed by atoms with Gasteiger partial charge >= 0.3 is 5.97 Å². The highest BCUT2D eigenvalue weighted by Gasteiger charge is 2.11. The molecule has 1 unspecified atom stereocenters. The topological polar surface area (TPSA) is 69.6 Å². The number of amides is 1. The second-order valence-electron chi connectivity index (χ2n) is 4.86. The van der Waals surface area contributed by atoms with Crippen molar-refractivity contribution < 1.29 is 14.7 Å². The summed E-state index contributed by atoms with van der Waals surface area (Å²) in [7, 11) is 3.82. The molecule has 104 valence electrons. The highest BCUT2D eigenvalue weighted by atomic mass is 16.4. The van der Waals surface area contributed by atoms with Crippen molar-refractivity contribution in [2.24, 2.45) is 5.92 Å². The lowest BCUT2D eigenvalue weighted by Crippen LogP contribution is -2.29. The number of nitrogens with one attached hydrogen (secondary N) is 1. The molecule has 0 aliphatic rings. The van der Waals surface area contributed by atoms with Crippen LogP contribution in [0.5, 0.6) is 0 Å². The summed E-state index contributed by atoms with van der Waals surface area (Å²) in [6.07, 6.45) is 0.0536. The lowest BCUT2D eigenvalue weighted by atomic mass is 10.1. The molecule has 0 fully saturated rings. The molecule has 0 saturated heterocycles. The maximum atomic E-state index is 11.9. The highest BCUT2D eigenvalue weighted by Crippen LogP contribution is 2.13. The van der Waals surface area contributed by atoms with Crippen molar-refractivity contribution in [3.05, 3.63) is 29.8 Å². The van der Waals surface area contributed by atoms with E-state index in [-0.39, 0.29) is 18.2 Å². The predicted molar refractivity (Wildman–Crippen MR) is 74.5 cm³/mol. The molecule has 2 N–H and O–H groups in total. The maximum absolute atomic E-state index is 11.9. The molecule has 19 heavy (non-hydrogen) atoms. The zero-order chi connectivity index (χ0) is 14.4. The molecule has 1 atom stereocenters. The first-order valence-corrected chi connectivity index (χ1v) is 6.17. The average Bonchev–Trinajstić information content (AvgIpc) is 2.35. The summed E-state index contributed by atoms with van der Waals surface area (Å²) in [4.78, 5) is 24.4. The molecule has 0 saturated carbocycles. The quantitative estimate of drug-likeness (QED) is 0.818. The number of anilines is 1. The van der Waals surface area contributed by atoms with Gasteiger partial charge in [0.05, 0.1) is 0 Å². The monoisotopic (exact) mass is 264 g/mol. The van der Waals surface area contributed by atoms with Gasteiger partial charge in [-0.3, -0.25) is 9.59 Å². The van der Waals surface area contributed by atoms with Gasteiger partial charge in [-0.15, -0.1) is 0 Å². The molecule has 0 spiro atoms. The number of rotatable bonds is 6. The Morgan fingerprint density at radius 3 is 2.63 bits per heavy atom. The first-order chi connectivity index (χ1) is 8.90. The molecule has 1 rings (SSSR count). The van der Waals surface area contributed by atoms with E-state index in [1.54, 1.807) is 19.1 Å². The molecule has 0 aliphatic heterocycles. The zero-order valence-corrected chi connectivity index (χ0v) is 11.5. The summed E-state index contributed by atoms with van der Waals surface area (Å²) in [5.74, 6) is -1.12. The van der Waals surface area contributed by atoms with Gasteiger partial charge in [0, 0.05) is 38.3 Å². The fraction of sp³-hybridized carbons (Fsp3) is 0.429. The van der Waals surface area contributed by atoms with E-state index >= 15 is 0 Å². The number of carbonyl (C=O) groups is 2. The second kappa shape index (κ2) is 6.78. The van der Waals surface area contributed by atoms with Crippen LogP contribution in [0.15, 0.2) is 24.3 Å². The van der Waals surface area contributed by atoms with Crippen LogP contribution in [0.3, 0.4) is 0 Å². The predicted octanol–water partition coefficient (Wildman–Crippen LogP) is 1.59. The van der Waals surface area contributed by atoms with Gasteiger partial charge < -0.3 is 15.3 Å². The van der Waals surface area contributed by atoms with Crippen LogP contribution in [0, 0.1) is 5.92 Å². The minimum Gasteiger partial charge on any atom is -0.481 e. The lowest BCUT2D eigenvalue weighted by molar-refractivity contribution is -0.137. The number of aliphatic carboxylic acids is 1. The SMILES string of the molecule is CC(CNC(=O)c1cccc(N(C)C)c1)CC(=O)O. The average molecular weight is 264 g/mol. The van der Waals surface area contributed by atoms with Gasteiger partial charge in [-0.1, -0.05) is 13.0 Å². The number of benzene rings is 1. The number of carboxylic acids is 1. The van der Waals surface area contributed by atoms with E-state index in [2.05, 4.69) is 5.32 Å². The third-order valence-corrected chi connectivity index (χ3v) is 2.76. The van der Waals surface area contributed by atoms with Gasteiger partial charge in [0.1, 0.15) is 0 Å². The normalized spacial score (nSPS) is 11.7. The van der Waals surface area contributed by atoms with Gasteiger partial charge in [0.25, 0.3) is 5.91 Å². The van der Waals surface area contributed by atoms with Crippen molar-refractivity contribution in [1.29, 1.82) is 0 Å². The van der Waals surface area contributed by atoms with E-state index in [0.717, 1.165) is 5.69 Å². The molecule has 0 radical (unpaired) electrons. The summed E-state index contributed by atoms with van der Waals surface area (Å²) in [6.45, 7) is 2.15. The van der Waals surface area contributed by atoms with Crippen LogP contribution in [0.1, 0.15) is 23.7 Å². The Morgan fingerprint density at radius 1 is 1.37 bits per heavy atom. The molecular weight excluding hydrogens is 244 g/mol. The van der Waals surface area contributed by atoms with Crippen molar-refractivity contribution in [2.75, 3.05) is 25.5 Å². The standard InChI is InChI=1S/C14H20N2O3/c1-10(7-13(17)18)9-15-14(19)11-5-4-6-12(8-11)16(2)3/h4-6,8,10H,7,9H2,1-3H3,(H,15,19)(H,17,18). The number of carboxylic acid groups (broad SMARTS) is 1. The Morgan fingerprint density at radius 2 is 2.05 bits per heavy atom. The Bertz CT molecular complexity index is 458. The third-order valence-electron chi connectivity index (χ3n) is 2.76. The van der Waals surface area contributed by atoms with Crippen LogP contribution in [0.25, 0.3) is 0 Å². The largest absolute Gasteiger partial charge is 0.481 e. The molecule has 1 amide bonds. The van der Waals surface area contributed by atoms with Crippen LogP contribution in [0.2, 0.25) is 0 Å². The Balaban J connectivity index is 2.58. The van der Waals surface area contributed by atoms with Gasteiger partial charge in [0.15, 0.2) is 0 Å². The molecular formula is C14H20N2O3. The van der Waals surface area contributed by atoms with E-state index < -0.39 is 5.97 Å². The van der Waals surface area contributed by atoms with Crippen molar-refractivity contribution in [3.8, 4) is 0 Å². The fourth-order valence-electron chi connectivity index (χ4n) is 1.66. The van der Waals surface area contributed by atoms with Gasteiger partial charge in [0.2, 0.25) is 0 Å². The van der Waals surface area contributed by atoms with Gasteiger partial charge in [-0.25, -0.2) is 0 Å². The van der Waals surface area contributed by atoms with Gasteiger partial charge in [-0.05, 0) is 24.1 Å². The van der Waals surface area contributed by atoms with Crippen molar-refractivity contribution >= 4 is 17.6 Å². The Hall–Kier alpha value is -2.04. The van der Waals surface area contributed by atoms with Crippen molar-refractivity contribution in [1.82, 2.24) is 5.32 Å². The maximum Gasteiger partial charge on any atom is 0.303 e. The third kappa shape index (κ3) is 4.99. The Labute approximate surface area is 113 Å². The summed E-state index contributed by atoms with van der Waals surface area (Å²) >= 11 is 0. The first kappa shape index (κ1) is 15.0. The zero-order valence-electron chi connectivity index (χ0n) is 11.5. The molecule has 0 aliphatic carbocycles. The lowest BCUT2D eigenvalue weighted by Gasteiger charge is -2.14. The summed E-state index contributed by atoms with van der Waals surface area (Å²) in [5, 5.41) is 11.4. The molecule has 1 aromatic rings. The smallest absolute Gasteiger partial charge is 0.303 e. The number of hydrogen-bond donors (Lipinski definition) is 2. The van der Waals surface area contributed by atoms with E-state index in [9.17, 15) is 9.59 Å². The minimum atomic E-state index is -0.851. The van der Waals surface area contributed by atoms with E-state index in [4.69, 9.17) is 5.11 Å². The van der Waals surface area contributed by atoms with Crippen LogP contribution in [-0.4, -0.2) is 37.6 Å². The van der Waals surface area contributed by atoms with Crippen molar-refractivity contribution in [2.45, 2.75) is 13.3 Å². The molecule has 5 nitrogen and oxygen atoms in total. The van der Waals surface area contributed by atoms with Crippen LogP contribution >= 0.6 is 0 Å². The number of hydrogen-bond acceptors (Lipinski definition) is 3. The summed E-state index contributed by atoms with van der Waals surface area (Å²) in [5.41, 5.74) is 1.53. The molecule has 0 aromatic heterocycles. The highest BCUT2D eigenvalue weighted by molar-refractivity contribution is 5.95. The van der Waals surface area contributed by atoms with E-state index in [1.807, 2.05) is 31.1 Å². The Kier molecular flexibility index (Phi) is 5.36. The molecule has 0 heterocycles. The van der Waals surface area contributed by atoms with Gasteiger partial charge in [-0.2, -0.15) is 0 Å². The molecule has 0 bridgehead atoms. The fourth-order valence-corrected chi connectivity index (χ4v) is 1.66. The second-order valence-corrected chi connectivity index (χ2v) is 4.86. The minimum absolute atomic E-state index is 0.0536.